The molecule has 1 aliphatic carbocycles. The van der Waals surface area contributed by atoms with Gasteiger partial charge >= 0.3 is 5.97 Å². The van der Waals surface area contributed by atoms with Crippen LogP contribution in [0.4, 0.5) is 4.39 Å². The first kappa shape index (κ1) is 22.0. The van der Waals surface area contributed by atoms with Gasteiger partial charge in [0.15, 0.2) is 0 Å². The summed E-state index contributed by atoms with van der Waals surface area (Å²) in [7, 11) is 0. The zero-order valence-electron chi connectivity index (χ0n) is 16.4. The molecule has 1 aliphatic rings. The number of carbonyl (C=O) groups excluding carboxylic acids is 1. The summed E-state index contributed by atoms with van der Waals surface area (Å²) in [5.41, 5.74) is 1.74. The van der Waals surface area contributed by atoms with Crippen molar-refractivity contribution in [2.24, 2.45) is 5.92 Å². The molecule has 9 heteroatoms. The van der Waals surface area contributed by atoms with Crippen molar-refractivity contribution >= 4 is 57.0 Å². The second-order valence-electron chi connectivity index (χ2n) is 7.77. The molecular formula is C22H20ClFIN3O3. The molecule has 2 aromatic carbocycles. The van der Waals surface area contributed by atoms with Crippen LogP contribution < -0.4 is 5.32 Å². The molecule has 31 heavy (non-hydrogen) atoms. The summed E-state index contributed by atoms with van der Waals surface area (Å²) in [5, 5.41) is 17.7. The SMILES string of the molecule is O=C(NC1CCC(C(=O)O)CC1)c1ccc(Cl)c2cnn(Cc3ccc(I)c(F)c3)c12. The molecule has 1 aromatic heterocycles. The maximum atomic E-state index is 14.0. The van der Waals surface area contributed by atoms with Gasteiger partial charge in [0.25, 0.3) is 5.91 Å². The molecular weight excluding hydrogens is 536 g/mol. The fourth-order valence-corrected chi connectivity index (χ4v) is 4.57. The zero-order valence-corrected chi connectivity index (χ0v) is 19.4. The average Bonchev–Trinajstić information content (AvgIpc) is 3.16. The van der Waals surface area contributed by atoms with Crippen molar-refractivity contribution in [2.45, 2.75) is 38.3 Å². The van der Waals surface area contributed by atoms with Crippen LogP contribution in [-0.2, 0) is 11.3 Å². The van der Waals surface area contributed by atoms with Crippen molar-refractivity contribution in [3.63, 3.8) is 0 Å². The van der Waals surface area contributed by atoms with Gasteiger partial charge in [0, 0.05) is 15.0 Å². The summed E-state index contributed by atoms with van der Waals surface area (Å²) < 4.78 is 16.2. The molecule has 4 rings (SSSR count). The van der Waals surface area contributed by atoms with Crippen LogP contribution >= 0.6 is 34.2 Å². The van der Waals surface area contributed by atoms with Crippen LogP contribution in [0.1, 0.15) is 41.6 Å². The smallest absolute Gasteiger partial charge is 0.306 e. The number of nitrogens with one attached hydrogen (secondary N) is 1. The molecule has 0 spiro atoms. The van der Waals surface area contributed by atoms with Gasteiger partial charge in [-0.2, -0.15) is 5.10 Å². The average molecular weight is 556 g/mol. The lowest BCUT2D eigenvalue weighted by Crippen LogP contribution is -2.38. The largest absolute Gasteiger partial charge is 0.481 e. The summed E-state index contributed by atoms with van der Waals surface area (Å²) in [5.74, 6) is -1.68. The highest BCUT2D eigenvalue weighted by Gasteiger charge is 2.27. The third-order valence-corrected chi connectivity index (χ3v) is 6.93. The van der Waals surface area contributed by atoms with Crippen molar-refractivity contribution in [1.29, 1.82) is 0 Å². The van der Waals surface area contributed by atoms with E-state index in [9.17, 15) is 14.0 Å². The van der Waals surface area contributed by atoms with Gasteiger partial charge in [-0.05, 0) is 78.1 Å². The predicted molar refractivity (Wildman–Crippen MR) is 124 cm³/mol. The Morgan fingerprint density at radius 1 is 1.23 bits per heavy atom. The van der Waals surface area contributed by atoms with Gasteiger partial charge in [0.1, 0.15) is 5.82 Å². The van der Waals surface area contributed by atoms with Crippen molar-refractivity contribution in [2.75, 3.05) is 0 Å². The summed E-state index contributed by atoms with van der Waals surface area (Å²) in [6, 6.07) is 8.23. The highest BCUT2D eigenvalue weighted by Crippen LogP contribution is 2.29. The Morgan fingerprint density at radius 3 is 2.65 bits per heavy atom. The minimum atomic E-state index is -0.778. The van der Waals surface area contributed by atoms with Gasteiger partial charge in [-0.15, -0.1) is 0 Å². The van der Waals surface area contributed by atoms with E-state index in [1.807, 2.05) is 28.7 Å². The number of benzene rings is 2. The number of halogens is 3. The fraction of sp³-hybridized carbons (Fsp3) is 0.318. The van der Waals surface area contributed by atoms with E-state index in [0.29, 0.717) is 57.3 Å². The van der Waals surface area contributed by atoms with Crippen LogP contribution in [0.25, 0.3) is 10.9 Å². The van der Waals surface area contributed by atoms with Gasteiger partial charge < -0.3 is 10.4 Å². The van der Waals surface area contributed by atoms with Gasteiger partial charge in [0.05, 0.1) is 34.8 Å². The highest BCUT2D eigenvalue weighted by atomic mass is 127. The summed E-state index contributed by atoms with van der Waals surface area (Å²) >= 11 is 8.27. The van der Waals surface area contributed by atoms with Crippen LogP contribution in [0.15, 0.2) is 36.5 Å². The normalized spacial score (nSPS) is 18.8. The first-order valence-electron chi connectivity index (χ1n) is 9.95. The maximum Gasteiger partial charge on any atom is 0.306 e. The van der Waals surface area contributed by atoms with Crippen molar-refractivity contribution in [3.8, 4) is 0 Å². The Morgan fingerprint density at radius 2 is 1.97 bits per heavy atom. The van der Waals surface area contributed by atoms with Crippen molar-refractivity contribution in [3.05, 3.63) is 62.1 Å². The number of hydrogen-bond donors (Lipinski definition) is 2. The molecule has 0 unspecified atom stereocenters. The van der Waals surface area contributed by atoms with E-state index in [4.69, 9.17) is 16.7 Å². The minimum absolute atomic E-state index is 0.0736. The third-order valence-electron chi connectivity index (χ3n) is 5.72. The lowest BCUT2D eigenvalue weighted by atomic mass is 9.86. The first-order chi connectivity index (χ1) is 14.8. The maximum absolute atomic E-state index is 14.0. The zero-order chi connectivity index (χ0) is 22.1. The van der Waals surface area contributed by atoms with Crippen molar-refractivity contribution in [1.82, 2.24) is 15.1 Å². The summed E-state index contributed by atoms with van der Waals surface area (Å²) in [6.45, 7) is 0.293. The molecule has 1 fully saturated rings. The number of aromatic nitrogens is 2. The molecule has 162 valence electrons. The van der Waals surface area contributed by atoms with Gasteiger partial charge in [-0.25, -0.2) is 4.39 Å². The monoisotopic (exact) mass is 555 g/mol. The van der Waals surface area contributed by atoms with Crippen LogP contribution in [-0.4, -0.2) is 32.8 Å². The molecule has 1 heterocycles. The van der Waals surface area contributed by atoms with E-state index in [2.05, 4.69) is 10.4 Å². The topological polar surface area (TPSA) is 84.2 Å². The van der Waals surface area contributed by atoms with Crippen LogP contribution in [0.2, 0.25) is 5.02 Å². The minimum Gasteiger partial charge on any atom is -0.481 e. The fourth-order valence-electron chi connectivity index (χ4n) is 4.03. The number of aliphatic carboxylic acids is 1. The van der Waals surface area contributed by atoms with E-state index in [-0.39, 0.29) is 23.7 Å². The second kappa shape index (κ2) is 9.12. The third kappa shape index (κ3) is 4.69. The van der Waals surface area contributed by atoms with E-state index in [1.165, 1.54) is 6.07 Å². The number of amides is 1. The molecule has 3 aromatic rings. The number of nitrogens with zero attached hydrogens (tertiary/aromatic N) is 2. The number of carboxylic acid groups (broad SMARTS) is 1. The van der Waals surface area contributed by atoms with Gasteiger partial charge in [-0.3, -0.25) is 14.3 Å². The summed E-state index contributed by atoms with van der Waals surface area (Å²) in [6.07, 6.45) is 3.95. The Kier molecular flexibility index (Phi) is 6.47. The predicted octanol–water partition coefficient (Wildman–Crippen LogP) is 4.85. The lowest BCUT2D eigenvalue weighted by Gasteiger charge is -2.27. The van der Waals surface area contributed by atoms with E-state index >= 15 is 0 Å². The standard InChI is InChI=1S/C22H20ClFIN3O3/c23-17-7-6-15(21(29)27-14-4-2-13(3-5-14)22(30)31)20-16(17)10-26-28(20)11-12-1-8-19(25)18(24)9-12/h1,6-10,13-14H,2-5,11H2,(H,27,29)(H,30,31). The van der Waals surface area contributed by atoms with E-state index in [0.717, 1.165) is 5.56 Å². The molecule has 0 radical (unpaired) electrons. The van der Waals surface area contributed by atoms with Gasteiger partial charge in [-0.1, -0.05) is 17.7 Å². The van der Waals surface area contributed by atoms with Crippen LogP contribution in [0.5, 0.6) is 0 Å². The molecule has 0 bridgehead atoms. The second-order valence-corrected chi connectivity index (χ2v) is 9.34. The quantitative estimate of drug-likeness (QED) is 0.441. The van der Waals surface area contributed by atoms with E-state index < -0.39 is 5.97 Å². The van der Waals surface area contributed by atoms with E-state index in [1.54, 1.807) is 29.1 Å². The van der Waals surface area contributed by atoms with Crippen molar-refractivity contribution < 1.29 is 19.1 Å². The summed E-state index contributed by atoms with van der Waals surface area (Å²) in [4.78, 5) is 24.2. The molecule has 2 N–H and O–H groups in total. The number of hydrogen-bond acceptors (Lipinski definition) is 3. The molecule has 0 atom stereocenters. The lowest BCUT2D eigenvalue weighted by molar-refractivity contribution is -0.142. The number of carbonyl (C=O) groups is 2. The molecule has 1 amide bonds. The van der Waals surface area contributed by atoms with Crippen LogP contribution in [0.3, 0.4) is 0 Å². The van der Waals surface area contributed by atoms with Gasteiger partial charge in [0.2, 0.25) is 0 Å². The number of carboxylic acids is 1. The highest BCUT2D eigenvalue weighted by molar-refractivity contribution is 14.1. The Hall–Kier alpha value is -2.20. The Bertz CT molecular complexity index is 1160. The molecule has 6 nitrogen and oxygen atoms in total. The van der Waals surface area contributed by atoms with Crippen LogP contribution in [0, 0.1) is 15.3 Å². The molecule has 1 saturated carbocycles. The first-order valence-corrected chi connectivity index (χ1v) is 11.4. The number of rotatable bonds is 5. The Balaban J connectivity index is 1.59. The molecule has 0 aliphatic heterocycles. The number of fused-ring (bicyclic) bond motifs is 1. The molecule has 0 saturated heterocycles. The Labute approximate surface area is 196 Å².